The van der Waals surface area contributed by atoms with Gasteiger partial charge in [-0.1, -0.05) is 36.7 Å². The van der Waals surface area contributed by atoms with Crippen LogP contribution >= 0.6 is 15.9 Å². The molecule has 1 heterocycles. The molecule has 4 heteroatoms. The molecule has 0 aromatic carbocycles. The van der Waals surface area contributed by atoms with E-state index < -0.39 is 0 Å². The summed E-state index contributed by atoms with van der Waals surface area (Å²) >= 11 is 3.78. The lowest BCUT2D eigenvalue weighted by Crippen LogP contribution is -2.68. The van der Waals surface area contributed by atoms with Gasteiger partial charge in [-0.3, -0.25) is 9.78 Å². The maximum absolute atomic E-state index is 12.8. The zero-order valence-corrected chi connectivity index (χ0v) is 13.1. The Bertz CT molecular complexity index is 530. The van der Waals surface area contributed by atoms with Gasteiger partial charge in [0.1, 0.15) is 0 Å². The fourth-order valence-corrected chi connectivity index (χ4v) is 5.95. The van der Waals surface area contributed by atoms with Crippen LogP contribution in [0.5, 0.6) is 0 Å². The van der Waals surface area contributed by atoms with E-state index in [2.05, 4.69) is 47.0 Å². The first kappa shape index (κ1) is 13.1. The number of nitrogens with one attached hydrogen (secondary N) is 1. The van der Waals surface area contributed by atoms with Crippen LogP contribution < -0.4 is 5.32 Å². The summed E-state index contributed by atoms with van der Waals surface area (Å²) in [5.41, 5.74) is 0.796. The average molecular weight is 323 g/mol. The predicted octanol–water partition coefficient (Wildman–Crippen LogP) is 3.61. The lowest BCUT2D eigenvalue weighted by molar-refractivity contribution is -0.155. The average Bonchev–Trinajstić information content (AvgIpc) is 2.79. The Kier molecular flexibility index (Phi) is 2.63. The van der Waals surface area contributed by atoms with Crippen LogP contribution in [0.15, 0.2) is 24.5 Å². The normalized spacial score (nSPS) is 38.6. The number of amides is 1. The van der Waals surface area contributed by atoms with Crippen molar-refractivity contribution in [3.63, 3.8) is 0 Å². The lowest BCUT2D eigenvalue weighted by atomic mass is 9.43. The number of halogens is 1. The number of anilines is 1. The minimum absolute atomic E-state index is 0.0330. The van der Waals surface area contributed by atoms with Gasteiger partial charge < -0.3 is 5.32 Å². The van der Waals surface area contributed by atoms with Gasteiger partial charge in [-0.25, -0.2) is 0 Å². The lowest BCUT2D eigenvalue weighted by Gasteiger charge is -2.64. The van der Waals surface area contributed by atoms with Gasteiger partial charge in [0, 0.05) is 22.9 Å². The molecule has 4 rings (SSSR count). The van der Waals surface area contributed by atoms with E-state index in [1.807, 2.05) is 12.1 Å². The van der Waals surface area contributed by atoms with Crippen LogP contribution in [-0.4, -0.2) is 15.7 Å². The standard InChI is InChI=1S/C15H19BrN2O/c1-13(2)14(3)6-7-15(13,11(14)16)12(19)18-10-4-8-17-9-5-10/h4-5,8-9,11H,6-7H2,1-3H3,(H,17,18,19). The number of pyridine rings is 1. The highest BCUT2D eigenvalue weighted by Gasteiger charge is 2.80. The van der Waals surface area contributed by atoms with Crippen LogP contribution in [0.2, 0.25) is 0 Å². The molecule has 3 nitrogen and oxygen atoms in total. The Morgan fingerprint density at radius 1 is 1.32 bits per heavy atom. The number of alkyl halides is 1. The second kappa shape index (κ2) is 3.81. The number of carbonyl (C=O) groups excluding carboxylic acids is 1. The molecule has 1 amide bonds. The van der Waals surface area contributed by atoms with Crippen LogP contribution in [0.4, 0.5) is 5.69 Å². The topological polar surface area (TPSA) is 42.0 Å². The minimum atomic E-state index is -0.287. The van der Waals surface area contributed by atoms with Gasteiger partial charge in [-0.2, -0.15) is 0 Å². The van der Waals surface area contributed by atoms with Gasteiger partial charge in [0.25, 0.3) is 0 Å². The summed E-state index contributed by atoms with van der Waals surface area (Å²) in [6.45, 7) is 6.74. The molecule has 3 saturated carbocycles. The fraction of sp³-hybridized carbons (Fsp3) is 0.600. The smallest absolute Gasteiger partial charge is 0.232 e. The zero-order valence-electron chi connectivity index (χ0n) is 11.5. The molecule has 0 spiro atoms. The van der Waals surface area contributed by atoms with E-state index in [0.29, 0.717) is 0 Å². The molecule has 3 unspecified atom stereocenters. The van der Waals surface area contributed by atoms with Crippen molar-refractivity contribution in [3.8, 4) is 0 Å². The molecular weight excluding hydrogens is 304 g/mol. The summed E-state index contributed by atoms with van der Waals surface area (Å²) in [6, 6.07) is 3.66. The summed E-state index contributed by atoms with van der Waals surface area (Å²) in [5, 5.41) is 3.06. The first-order valence-electron chi connectivity index (χ1n) is 6.72. The second-order valence-corrected chi connectivity index (χ2v) is 7.48. The summed E-state index contributed by atoms with van der Waals surface area (Å²) in [7, 11) is 0. The van der Waals surface area contributed by atoms with E-state index in [0.717, 1.165) is 18.5 Å². The van der Waals surface area contributed by atoms with Crippen molar-refractivity contribution < 1.29 is 4.79 Å². The van der Waals surface area contributed by atoms with Crippen LogP contribution in [0.25, 0.3) is 0 Å². The molecule has 0 radical (unpaired) electrons. The molecule has 3 fully saturated rings. The first-order valence-corrected chi connectivity index (χ1v) is 7.63. The molecule has 1 aromatic heterocycles. The van der Waals surface area contributed by atoms with E-state index >= 15 is 0 Å². The number of fused-ring (bicyclic) bond motifs is 1. The highest BCUT2D eigenvalue weighted by Crippen LogP contribution is 2.79. The van der Waals surface area contributed by atoms with Gasteiger partial charge in [0.2, 0.25) is 5.91 Å². The van der Waals surface area contributed by atoms with E-state index in [1.54, 1.807) is 12.4 Å². The van der Waals surface area contributed by atoms with E-state index in [4.69, 9.17) is 0 Å². The van der Waals surface area contributed by atoms with Gasteiger partial charge in [-0.05, 0) is 35.8 Å². The minimum Gasteiger partial charge on any atom is -0.325 e. The van der Waals surface area contributed by atoms with Gasteiger partial charge in [-0.15, -0.1) is 0 Å². The van der Waals surface area contributed by atoms with E-state index in [9.17, 15) is 4.79 Å². The summed E-state index contributed by atoms with van der Waals surface area (Å²) < 4.78 is 0. The first-order chi connectivity index (χ1) is 8.86. The molecule has 3 aliphatic rings. The highest BCUT2D eigenvalue weighted by molar-refractivity contribution is 9.09. The van der Waals surface area contributed by atoms with Crippen molar-refractivity contribution in [1.29, 1.82) is 0 Å². The molecule has 3 aliphatic carbocycles. The van der Waals surface area contributed by atoms with Crippen LogP contribution in [0.1, 0.15) is 33.6 Å². The van der Waals surface area contributed by atoms with E-state index in [1.165, 1.54) is 0 Å². The molecule has 1 N–H and O–H groups in total. The van der Waals surface area contributed by atoms with Crippen molar-refractivity contribution in [2.75, 3.05) is 5.32 Å². The zero-order chi connectivity index (χ0) is 13.9. The Balaban J connectivity index is 1.89. The number of hydrogen-bond acceptors (Lipinski definition) is 2. The molecule has 0 aliphatic heterocycles. The SMILES string of the molecule is CC12CCC(C(=O)Nc3ccncc3)(C1Br)C2(C)C. The molecule has 3 atom stereocenters. The van der Waals surface area contributed by atoms with Crippen molar-refractivity contribution in [2.45, 2.75) is 38.4 Å². The predicted molar refractivity (Wildman–Crippen MR) is 79.1 cm³/mol. The molecule has 2 bridgehead atoms. The van der Waals surface area contributed by atoms with Crippen LogP contribution in [-0.2, 0) is 4.79 Å². The Morgan fingerprint density at radius 2 is 1.95 bits per heavy atom. The maximum atomic E-state index is 12.8. The Morgan fingerprint density at radius 3 is 2.42 bits per heavy atom. The van der Waals surface area contributed by atoms with E-state index in [-0.39, 0.29) is 27.0 Å². The van der Waals surface area contributed by atoms with Crippen LogP contribution in [0, 0.1) is 16.2 Å². The third kappa shape index (κ3) is 1.33. The Hall–Kier alpha value is -0.900. The van der Waals surface area contributed by atoms with Crippen LogP contribution in [0.3, 0.4) is 0 Å². The number of nitrogens with zero attached hydrogens (tertiary/aromatic N) is 1. The number of aromatic nitrogens is 1. The third-order valence-corrected chi connectivity index (χ3v) is 7.71. The summed E-state index contributed by atoms with van der Waals surface area (Å²) in [6.07, 6.45) is 5.47. The van der Waals surface area contributed by atoms with Gasteiger partial charge in [0.15, 0.2) is 0 Å². The summed E-state index contributed by atoms with van der Waals surface area (Å²) in [5.74, 6) is 0.139. The maximum Gasteiger partial charge on any atom is 0.232 e. The molecule has 0 saturated heterocycles. The third-order valence-electron chi connectivity index (χ3n) is 5.92. The van der Waals surface area contributed by atoms with Gasteiger partial charge >= 0.3 is 0 Å². The monoisotopic (exact) mass is 322 g/mol. The van der Waals surface area contributed by atoms with Crippen molar-refractivity contribution in [3.05, 3.63) is 24.5 Å². The fourth-order valence-electron chi connectivity index (χ4n) is 4.13. The number of carbonyl (C=O) groups is 1. The van der Waals surface area contributed by atoms with Crippen molar-refractivity contribution in [2.24, 2.45) is 16.2 Å². The van der Waals surface area contributed by atoms with Gasteiger partial charge in [0.05, 0.1) is 5.41 Å². The molecule has 102 valence electrons. The Labute approximate surface area is 122 Å². The largest absolute Gasteiger partial charge is 0.325 e. The van der Waals surface area contributed by atoms with Crippen molar-refractivity contribution in [1.82, 2.24) is 4.98 Å². The number of rotatable bonds is 2. The van der Waals surface area contributed by atoms with Crippen molar-refractivity contribution >= 4 is 27.5 Å². The molecular formula is C15H19BrN2O. The number of hydrogen-bond donors (Lipinski definition) is 1. The molecule has 1 aromatic rings. The quantitative estimate of drug-likeness (QED) is 0.845. The highest BCUT2D eigenvalue weighted by atomic mass is 79.9. The summed E-state index contributed by atoms with van der Waals surface area (Å²) in [4.78, 5) is 17.0. The second-order valence-electron chi connectivity index (χ2n) is 6.57. The molecule has 19 heavy (non-hydrogen) atoms.